The average molecular weight is 253 g/mol. The van der Waals surface area contributed by atoms with Crippen molar-refractivity contribution in [1.29, 1.82) is 0 Å². The van der Waals surface area contributed by atoms with Gasteiger partial charge in [0, 0.05) is 6.54 Å². The molecule has 0 heterocycles. The van der Waals surface area contributed by atoms with Crippen molar-refractivity contribution < 1.29 is 19.7 Å². The lowest BCUT2D eigenvalue weighted by Gasteiger charge is -2.26. The molecule has 0 aromatic heterocycles. The molecule has 0 amide bonds. The summed E-state index contributed by atoms with van der Waals surface area (Å²) in [5.41, 5.74) is 0.741. The summed E-state index contributed by atoms with van der Waals surface area (Å²) in [6.07, 6.45) is 0. The van der Waals surface area contributed by atoms with Gasteiger partial charge in [0.05, 0.1) is 31.4 Å². The average Bonchev–Trinajstić information content (AvgIpc) is 2.44. The first-order valence-corrected chi connectivity index (χ1v) is 5.68. The van der Waals surface area contributed by atoms with Crippen LogP contribution in [0.3, 0.4) is 0 Å². The molecule has 0 aliphatic rings. The van der Waals surface area contributed by atoms with Crippen molar-refractivity contribution in [2.24, 2.45) is 0 Å². The lowest BCUT2D eigenvalue weighted by molar-refractivity contribution is 0.0600. The topological polar surface area (TPSA) is 78.8 Å². The van der Waals surface area contributed by atoms with Crippen LogP contribution < -0.4 is 5.32 Å². The van der Waals surface area contributed by atoms with Gasteiger partial charge in [-0.1, -0.05) is 12.1 Å². The molecule has 0 aliphatic carbocycles. The molecule has 0 spiro atoms. The van der Waals surface area contributed by atoms with Crippen LogP contribution in [0.15, 0.2) is 24.3 Å². The van der Waals surface area contributed by atoms with Gasteiger partial charge in [-0.3, -0.25) is 0 Å². The molecule has 1 aromatic rings. The van der Waals surface area contributed by atoms with Gasteiger partial charge in [-0.2, -0.15) is 0 Å². The number of nitrogens with one attached hydrogen (secondary N) is 1. The van der Waals surface area contributed by atoms with Crippen molar-refractivity contribution in [3.05, 3.63) is 35.4 Å². The molecule has 0 fully saturated rings. The van der Waals surface area contributed by atoms with Gasteiger partial charge in [0.15, 0.2) is 0 Å². The molecular weight excluding hydrogens is 234 g/mol. The van der Waals surface area contributed by atoms with Crippen molar-refractivity contribution in [3.8, 4) is 0 Å². The van der Waals surface area contributed by atoms with Crippen LogP contribution in [0.25, 0.3) is 0 Å². The Morgan fingerprint density at radius 3 is 2.28 bits per heavy atom. The van der Waals surface area contributed by atoms with E-state index in [2.05, 4.69) is 10.1 Å². The van der Waals surface area contributed by atoms with Crippen molar-refractivity contribution in [2.75, 3.05) is 20.3 Å². The third-order valence-electron chi connectivity index (χ3n) is 2.79. The summed E-state index contributed by atoms with van der Waals surface area (Å²) in [6.45, 7) is 1.93. The normalized spacial score (nSPS) is 11.3. The van der Waals surface area contributed by atoms with E-state index >= 15 is 0 Å². The van der Waals surface area contributed by atoms with Crippen molar-refractivity contribution in [2.45, 2.75) is 19.0 Å². The van der Waals surface area contributed by atoms with Gasteiger partial charge in [0.1, 0.15) is 0 Å². The zero-order valence-corrected chi connectivity index (χ0v) is 10.6. The number of carbonyl (C=O) groups is 1. The Morgan fingerprint density at radius 1 is 1.28 bits per heavy atom. The van der Waals surface area contributed by atoms with Gasteiger partial charge in [0.2, 0.25) is 0 Å². The van der Waals surface area contributed by atoms with E-state index in [1.54, 1.807) is 31.2 Å². The lowest BCUT2D eigenvalue weighted by Crippen LogP contribution is -2.48. The second-order valence-electron chi connectivity index (χ2n) is 4.42. The number of hydrogen-bond donors (Lipinski definition) is 3. The van der Waals surface area contributed by atoms with Crippen LogP contribution in [0.5, 0.6) is 0 Å². The second kappa shape index (κ2) is 6.49. The smallest absolute Gasteiger partial charge is 0.337 e. The molecule has 1 aromatic carbocycles. The third-order valence-corrected chi connectivity index (χ3v) is 2.79. The third kappa shape index (κ3) is 3.80. The fourth-order valence-corrected chi connectivity index (χ4v) is 1.35. The molecule has 0 unspecified atom stereocenters. The van der Waals surface area contributed by atoms with Crippen LogP contribution >= 0.6 is 0 Å². The zero-order chi connectivity index (χ0) is 13.6. The van der Waals surface area contributed by atoms with Crippen LogP contribution in [0.2, 0.25) is 0 Å². The maximum atomic E-state index is 11.2. The van der Waals surface area contributed by atoms with Crippen molar-refractivity contribution >= 4 is 5.97 Å². The van der Waals surface area contributed by atoms with E-state index in [9.17, 15) is 4.79 Å². The highest BCUT2D eigenvalue weighted by atomic mass is 16.5. The van der Waals surface area contributed by atoms with Gasteiger partial charge in [-0.05, 0) is 24.6 Å². The van der Waals surface area contributed by atoms with Crippen LogP contribution in [0.4, 0.5) is 0 Å². The van der Waals surface area contributed by atoms with E-state index < -0.39 is 5.54 Å². The Labute approximate surface area is 106 Å². The molecule has 1 rings (SSSR count). The minimum Gasteiger partial charge on any atom is -0.465 e. The highest BCUT2D eigenvalue weighted by Crippen LogP contribution is 2.08. The van der Waals surface area contributed by atoms with Gasteiger partial charge >= 0.3 is 5.97 Å². The summed E-state index contributed by atoms with van der Waals surface area (Å²) in [4.78, 5) is 11.2. The molecule has 3 N–H and O–H groups in total. The molecule has 0 aliphatic heterocycles. The first kappa shape index (κ1) is 14.6. The number of esters is 1. The summed E-state index contributed by atoms with van der Waals surface area (Å²) < 4.78 is 4.60. The maximum Gasteiger partial charge on any atom is 0.337 e. The van der Waals surface area contributed by atoms with E-state index in [4.69, 9.17) is 10.2 Å². The Balaban J connectivity index is 2.62. The molecule has 5 heteroatoms. The van der Waals surface area contributed by atoms with Crippen molar-refractivity contribution in [1.82, 2.24) is 5.32 Å². The summed E-state index contributed by atoms with van der Waals surface area (Å²) in [5.74, 6) is -0.370. The molecule has 5 nitrogen and oxygen atoms in total. The molecule has 100 valence electrons. The fourth-order valence-electron chi connectivity index (χ4n) is 1.35. The minimum absolute atomic E-state index is 0.149. The first-order chi connectivity index (χ1) is 8.54. The van der Waals surface area contributed by atoms with Crippen molar-refractivity contribution in [3.63, 3.8) is 0 Å². The molecule has 0 saturated carbocycles. The van der Waals surface area contributed by atoms with E-state index in [0.29, 0.717) is 12.1 Å². The van der Waals surface area contributed by atoms with E-state index in [1.807, 2.05) is 0 Å². The standard InChI is InChI=1S/C13H19NO4/c1-13(8-15,9-16)14-7-10-3-5-11(6-4-10)12(17)18-2/h3-6,14-16H,7-9H2,1-2H3. The Bertz CT molecular complexity index is 384. The van der Waals surface area contributed by atoms with Gasteiger partial charge < -0.3 is 20.3 Å². The Hall–Kier alpha value is -1.43. The zero-order valence-electron chi connectivity index (χ0n) is 10.6. The number of carbonyl (C=O) groups excluding carboxylic acids is 1. The number of rotatable bonds is 6. The molecule has 0 saturated heterocycles. The Kier molecular flexibility index (Phi) is 5.27. The number of benzene rings is 1. The van der Waals surface area contributed by atoms with E-state index in [1.165, 1.54) is 7.11 Å². The molecular formula is C13H19NO4. The monoisotopic (exact) mass is 253 g/mol. The number of hydrogen-bond acceptors (Lipinski definition) is 5. The Morgan fingerprint density at radius 2 is 1.83 bits per heavy atom. The van der Waals surface area contributed by atoms with Gasteiger partial charge in [-0.15, -0.1) is 0 Å². The highest BCUT2D eigenvalue weighted by molar-refractivity contribution is 5.89. The summed E-state index contributed by atoms with van der Waals surface area (Å²) >= 11 is 0. The lowest BCUT2D eigenvalue weighted by atomic mass is 10.0. The van der Waals surface area contributed by atoms with Crippen LogP contribution in [0.1, 0.15) is 22.8 Å². The number of aliphatic hydroxyl groups excluding tert-OH is 2. The quantitative estimate of drug-likeness (QED) is 0.636. The van der Waals surface area contributed by atoms with Gasteiger partial charge in [-0.25, -0.2) is 4.79 Å². The first-order valence-electron chi connectivity index (χ1n) is 5.68. The number of aliphatic hydroxyl groups is 2. The van der Waals surface area contributed by atoms with Gasteiger partial charge in [0.25, 0.3) is 0 Å². The second-order valence-corrected chi connectivity index (χ2v) is 4.42. The van der Waals surface area contributed by atoms with E-state index in [0.717, 1.165) is 5.56 Å². The predicted octanol–water partition coefficient (Wildman–Crippen LogP) is 0.306. The fraction of sp³-hybridized carbons (Fsp3) is 0.462. The summed E-state index contributed by atoms with van der Waals surface area (Å²) in [7, 11) is 1.34. The van der Waals surface area contributed by atoms with E-state index in [-0.39, 0.29) is 19.2 Å². The van der Waals surface area contributed by atoms with Crippen LogP contribution in [-0.2, 0) is 11.3 Å². The van der Waals surface area contributed by atoms with Crippen LogP contribution in [-0.4, -0.2) is 42.0 Å². The molecule has 18 heavy (non-hydrogen) atoms. The number of ether oxygens (including phenoxy) is 1. The summed E-state index contributed by atoms with van der Waals surface area (Å²) in [5, 5.41) is 21.3. The molecule has 0 atom stereocenters. The van der Waals surface area contributed by atoms with Crippen LogP contribution in [0, 0.1) is 0 Å². The largest absolute Gasteiger partial charge is 0.465 e. The maximum absolute atomic E-state index is 11.2. The molecule has 0 bridgehead atoms. The highest BCUT2D eigenvalue weighted by Gasteiger charge is 2.20. The number of methoxy groups -OCH3 is 1. The summed E-state index contributed by atoms with van der Waals surface area (Å²) in [6, 6.07) is 6.96. The SMILES string of the molecule is COC(=O)c1ccc(CNC(C)(CO)CO)cc1. The molecule has 0 radical (unpaired) electrons. The predicted molar refractivity (Wildman–Crippen MR) is 67.2 cm³/mol. The minimum atomic E-state index is -0.707.